The summed E-state index contributed by atoms with van der Waals surface area (Å²) in [6, 6.07) is 8.93. The number of alkyl halides is 2. The van der Waals surface area contributed by atoms with Crippen molar-refractivity contribution in [2.75, 3.05) is 11.8 Å². The molecule has 24 heavy (non-hydrogen) atoms. The number of hydrogen-bond acceptors (Lipinski definition) is 4. The maximum absolute atomic E-state index is 12.5. The van der Waals surface area contributed by atoms with Gasteiger partial charge in [0, 0.05) is 6.07 Å². The number of hydrogen-bond donors (Lipinski definition) is 1. The molecule has 5 nitrogen and oxygen atoms in total. The van der Waals surface area contributed by atoms with Gasteiger partial charge < -0.3 is 9.47 Å². The maximum Gasteiger partial charge on any atom is 0.387 e. The Balaban J connectivity index is 2.37. The first-order chi connectivity index (χ1) is 11.2. The van der Waals surface area contributed by atoms with E-state index in [1.165, 1.54) is 25.3 Å². The van der Waals surface area contributed by atoms with Crippen molar-refractivity contribution in [3.05, 3.63) is 47.5 Å². The summed E-state index contributed by atoms with van der Waals surface area (Å²) in [4.78, 5) is 0.120. The Morgan fingerprint density at radius 3 is 2.38 bits per heavy atom. The van der Waals surface area contributed by atoms with E-state index in [0.29, 0.717) is 5.56 Å². The van der Waals surface area contributed by atoms with Crippen molar-refractivity contribution in [1.82, 2.24) is 0 Å². The van der Waals surface area contributed by atoms with Crippen LogP contribution in [0.2, 0.25) is 0 Å². The molecule has 2 rings (SSSR count). The fraction of sp³-hybridized carbons (Fsp3) is 0.250. The van der Waals surface area contributed by atoms with Crippen molar-refractivity contribution in [2.24, 2.45) is 0 Å². The molecule has 0 saturated carbocycles. The topological polar surface area (TPSA) is 64.6 Å². The number of rotatable bonds is 6. The molecule has 0 aliphatic carbocycles. The van der Waals surface area contributed by atoms with E-state index in [0.717, 1.165) is 11.6 Å². The molecule has 130 valence electrons. The quantitative estimate of drug-likeness (QED) is 0.856. The van der Waals surface area contributed by atoms with Gasteiger partial charge in [-0.15, -0.1) is 0 Å². The van der Waals surface area contributed by atoms with Gasteiger partial charge in [-0.2, -0.15) is 8.78 Å². The highest BCUT2D eigenvalue weighted by molar-refractivity contribution is 7.92. The van der Waals surface area contributed by atoms with Crippen LogP contribution in [0.3, 0.4) is 0 Å². The lowest BCUT2D eigenvalue weighted by Gasteiger charge is -2.14. The molecule has 2 aromatic carbocycles. The number of methoxy groups -OCH3 is 1. The SMILES string of the molecule is COc1ccc(NS(=O)(=O)c2cc(C)ccc2C)cc1OC(F)F. The van der Waals surface area contributed by atoms with E-state index in [2.05, 4.69) is 9.46 Å². The number of benzene rings is 2. The van der Waals surface area contributed by atoms with E-state index < -0.39 is 16.6 Å². The van der Waals surface area contributed by atoms with E-state index in [9.17, 15) is 17.2 Å². The Kier molecular flexibility index (Phi) is 5.28. The molecule has 0 heterocycles. The summed E-state index contributed by atoms with van der Waals surface area (Å²) in [5.74, 6) is -0.182. The highest BCUT2D eigenvalue weighted by atomic mass is 32.2. The van der Waals surface area contributed by atoms with Gasteiger partial charge in [0.25, 0.3) is 10.0 Å². The average molecular weight is 357 g/mol. The van der Waals surface area contributed by atoms with Gasteiger partial charge in [0.1, 0.15) is 0 Å². The van der Waals surface area contributed by atoms with Crippen LogP contribution in [-0.2, 0) is 10.0 Å². The summed E-state index contributed by atoms with van der Waals surface area (Å²) < 4.78 is 61.6. The molecule has 0 atom stereocenters. The predicted molar refractivity (Wildman–Crippen MR) is 86.4 cm³/mol. The molecule has 2 aromatic rings. The summed E-state index contributed by atoms with van der Waals surface area (Å²) >= 11 is 0. The summed E-state index contributed by atoms with van der Waals surface area (Å²) in [6.07, 6.45) is 0. The molecule has 0 saturated heterocycles. The molecule has 0 amide bonds. The Labute approximate surface area is 139 Å². The molecular formula is C16H17F2NO4S. The Bertz CT molecular complexity index is 838. The number of aryl methyl sites for hydroxylation is 2. The van der Waals surface area contributed by atoms with Gasteiger partial charge in [-0.25, -0.2) is 8.42 Å². The van der Waals surface area contributed by atoms with Crippen LogP contribution in [0.4, 0.5) is 14.5 Å². The van der Waals surface area contributed by atoms with Gasteiger partial charge in [0.2, 0.25) is 0 Å². The standard InChI is InChI=1S/C16H17F2NO4S/c1-10-4-5-11(2)15(8-10)24(20,21)19-12-6-7-13(22-3)14(9-12)23-16(17)18/h4-9,16,19H,1-3H3. The van der Waals surface area contributed by atoms with Crippen molar-refractivity contribution < 1.29 is 26.7 Å². The molecule has 0 unspecified atom stereocenters. The third-order valence-corrected chi connectivity index (χ3v) is 4.79. The van der Waals surface area contributed by atoms with E-state index in [4.69, 9.17) is 4.74 Å². The molecular weight excluding hydrogens is 340 g/mol. The van der Waals surface area contributed by atoms with Gasteiger partial charge in [0.15, 0.2) is 11.5 Å². The molecule has 0 fully saturated rings. The zero-order valence-corrected chi connectivity index (χ0v) is 14.2. The van der Waals surface area contributed by atoms with E-state index in [1.807, 2.05) is 0 Å². The van der Waals surface area contributed by atoms with Gasteiger partial charge >= 0.3 is 6.61 Å². The molecule has 0 aromatic heterocycles. The van der Waals surface area contributed by atoms with Crippen LogP contribution in [0.1, 0.15) is 11.1 Å². The van der Waals surface area contributed by atoms with Crippen molar-refractivity contribution >= 4 is 15.7 Å². The Morgan fingerprint density at radius 2 is 1.75 bits per heavy atom. The summed E-state index contributed by atoms with van der Waals surface area (Å²) in [6.45, 7) is 0.401. The zero-order valence-electron chi connectivity index (χ0n) is 13.3. The average Bonchev–Trinajstić information content (AvgIpc) is 2.49. The third kappa shape index (κ3) is 4.14. The second kappa shape index (κ2) is 7.04. The summed E-state index contributed by atoms with van der Waals surface area (Å²) in [7, 11) is -2.57. The van der Waals surface area contributed by atoms with Crippen LogP contribution >= 0.6 is 0 Å². The van der Waals surface area contributed by atoms with Crippen LogP contribution in [0, 0.1) is 13.8 Å². The second-order valence-corrected chi connectivity index (χ2v) is 6.77. The number of sulfonamides is 1. The van der Waals surface area contributed by atoms with E-state index in [-0.39, 0.29) is 22.1 Å². The van der Waals surface area contributed by atoms with E-state index >= 15 is 0 Å². The minimum absolute atomic E-state index is 0.0741. The van der Waals surface area contributed by atoms with Crippen LogP contribution in [-0.4, -0.2) is 22.1 Å². The van der Waals surface area contributed by atoms with Crippen molar-refractivity contribution in [2.45, 2.75) is 25.4 Å². The third-order valence-electron chi connectivity index (χ3n) is 3.27. The zero-order chi connectivity index (χ0) is 17.9. The summed E-state index contributed by atoms with van der Waals surface area (Å²) in [5, 5.41) is 0. The lowest BCUT2D eigenvalue weighted by atomic mass is 10.2. The highest BCUT2D eigenvalue weighted by Gasteiger charge is 2.19. The van der Waals surface area contributed by atoms with Crippen LogP contribution in [0.15, 0.2) is 41.3 Å². The minimum atomic E-state index is -3.87. The monoisotopic (exact) mass is 357 g/mol. The second-order valence-electron chi connectivity index (χ2n) is 5.12. The summed E-state index contributed by atoms with van der Waals surface area (Å²) in [5.41, 5.74) is 1.45. The smallest absolute Gasteiger partial charge is 0.387 e. The van der Waals surface area contributed by atoms with Crippen molar-refractivity contribution in [3.63, 3.8) is 0 Å². The largest absolute Gasteiger partial charge is 0.493 e. The normalized spacial score (nSPS) is 11.4. The first kappa shape index (κ1) is 18.0. The Hall–Kier alpha value is -2.35. The van der Waals surface area contributed by atoms with Crippen LogP contribution in [0.5, 0.6) is 11.5 Å². The number of halogens is 2. The molecule has 0 bridgehead atoms. The van der Waals surface area contributed by atoms with Gasteiger partial charge in [-0.05, 0) is 43.2 Å². The lowest BCUT2D eigenvalue weighted by molar-refractivity contribution is -0.0511. The molecule has 0 spiro atoms. The fourth-order valence-corrected chi connectivity index (χ4v) is 3.52. The van der Waals surface area contributed by atoms with Crippen LogP contribution < -0.4 is 14.2 Å². The van der Waals surface area contributed by atoms with Gasteiger partial charge in [0.05, 0.1) is 17.7 Å². The fourth-order valence-electron chi connectivity index (χ4n) is 2.14. The van der Waals surface area contributed by atoms with Crippen LogP contribution in [0.25, 0.3) is 0 Å². The molecule has 0 radical (unpaired) electrons. The first-order valence-corrected chi connectivity index (χ1v) is 8.44. The minimum Gasteiger partial charge on any atom is -0.493 e. The maximum atomic E-state index is 12.5. The van der Waals surface area contributed by atoms with Gasteiger partial charge in [-0.1, -0.05) is 12.1 Å². The Morgan fingerprint density at radius 1 is 1.04 bits per heavy atom. The van der Waals surface area contributed by atoms with Crippen molar-refractivity contribution in [3.8, 4) is 11.5 Å². The number of anilines is 1. The first-order valence-electron chi connectivity index (χ1n) is 6.96. The highest BCUT2D eigenvalue weighted by Crippen LogP contribution is 2.32. The number of nitrogens with one attached hydrogen (secondary N) is 1. The lowest BCUT2D eigenvalue weighted by Crippen LogP contribution is -2.14. The molecule has 1 N–H and O–H groups in total. The predicted octanol–water partition coefficient (Wildman–Crippen LogP) is 3.71. The van der Waals surface area contributed by atoms with E-state index in [1.54, 1.807) is 26.0 Å². The number of ether oxygens (including phenoxy) is 2. The van der Waals surface area contributed by atoms with Gasteiger partial charge in [-0.3, -0.25) is 4.72 Å². The van der Waals surface area contributed by atoms with Crippen molar-refractivity contribution in [1.29, 1.82) is 0 Å². The molecule has 0 aliphatic rings. The molecule has 0 aliphatic heterocycles. The molecule has 8 heteroatoms.